The van der Waals surface area contributed by atoms with Gasteiger partial charge < -0.3 is 5.32 Å². The molecular formula is C16H27N. The smallest absolute Gasteiger partial charge is 0.0192 e. The van der Waals surface area contributed by atoms with Gasteiger partial charge in [-0.25, -0.2) is 0 Å². The minimum absolute atomic E-state index is 0.608. The van der Waals surface area contributed by atoms with E-state index >= 15 is 0 Å². The Labute approximate surface area is 106 Å². The molecule has 5 aliphatic carbocycles. The normalized spacial score (nSPS) is 49.8. The van der Waals surface area contributed by atoms with E-state index in [9.17, 15) is 0 Å². The minimum atomic E-state index is 0.608. The third-order valence-electron chi connectivity index (χ3n) is 6.15. The van der Waals surface area contributed by atoms with Gasteiger partial charge >= 0.3 is 0 Å². The van der Waals surface area contributed by atoms with E-state index in [-0.39, 0.29) is 0 Å². The van der Waals surface area contributed by atoms with Crippen molar-refractivity contribution in [3.05, 3.63) is 0 Å². The molecule has 5 fully saturated rings. The molecule has 0 aromatic heterocycles. The fourth-order valence-electron chi connectivity index (χ4n) is 5.97. The third-order valence-corrected chi connectivity index (χ3v) is 6.15. The molecule has 5 rings (SSSR count). The van der Waals surface area contributed by atoms with Gasteiger partial charge in [-0.3, -0.25) is 0 Å². The first kappa shape index (κ1) is 10.8. The first-order valence-electron chi connectivity index (χ1n) is 8.09. The molecule has 0 aliphatic heterocycles. The summed E-state index contributed by atoms with van der Waals surface area (Å²) in [6.45, 7) is 0. The van der Waals surface area contributed by atoms with Crippen LogP contribution in [0.15, 0.2) is 0 Å². The van der Waals surface area contributed by atoms with Crippen LogP contribution >= 0.6 is 0 Å². The Morgan fingerprint density at radius 3 is 1.76 bits per heavy atom. The van der Waals surface area contributed by atoms with Gasteiger partial charge in [-0.15, -0.1) is 0 Å². The minimum Gasteiger partial charge on any atom is -0.308 e. The summed E-state index contributed by atoms with van der Waals surface area (Å²) in [5, 5.41) is 4.16. The SMILES string of the molecule is C1CCC(NC23CC4CC(CC(C4)C2)C3)CC1. The summed E-state index contributed by atoms with van der Waals surface area (Å²) >= 11 is 0. The van der Waals surface area contributed by atoms with E-state index in [0.29, 0.717) is 5.54 Å². The molecule has 1 nitrogen and oxygen atoms in total. The van der Waals surface area contributed by atoms with Crippen LogP contribution in [-0.4, -0.2) is 11.6 Å². The van der Waals surface area contributed by atoms with Gasteiger partial charge in [-0.2, -0.15) is 0 Å². The van der Waals surface area contributed by atoms with Crippen LogP contribution in [0.5, 0.6) is 0 Å². The quantitative estimate of drug-likeness (QED) is 0.763. The summed E-state index contributed by atoms with van der Waals surface area (Å²) < 4.78 is 0. The van der Waals surface area contributed by atoms with E-state index < -0.39 is 0 Å². The molecule has 0 saturated heterocycles. The van der Waals surface area contributed by atoms with Crippen molar-refractivity contribution in [1.29, 1.82) is 0 Å². The van der Waals surface area contributed by atoms with Gasteiger partial charge in [0.2, 0.25) is 0 Å². The number of hydrogen-bond donors (Lipinski definition) is 1. The lowest BCUT2D eigenvalue weighted by molar-refractivity contribution is -0.0272. The fourth-order valence-corrected chi connectivity index (χ4v) is 5.97. The maximum Gasteiger partial charge on any atom is 0.0192 e. The summed E-state index contributed by atoms with van der Waals surface area (Å²) in [5.74, 6) is 3.28. The van der Waals surface area contributed by atoms with E-state index in [4.69, 9.17) is 0 Å². The topological polar surface area (TPSA) is 12.0 Å². The molecule has 5 aliphatic rings. The standard InChI is InChI=1S/C16H27N/c1-2-4-15(5-3-1)17-16-9-12-6-13(10-16)8-14(7-12)11-16/h12-15,17H,1-11H2. The van der Waals surface area contributed by atoms with Crippen molar-refractivity contribution in [3.63, 3.8) is 0 Å². The van der Waals surface area contributed by atoms with Crippen LogP contribution in [0.4, 0.5) is 0 Å². The largest absolute Gasteiger partial charge is 0.308 e. The molecule has 5 saturated carbocycles. The first-order chi connectivity index (χ1) is 8.31. The van der Waals surface area contributed by atoms with Crippen molar-refractivity contribution in [2.24, 2.45) is 17.8 Å². The molecule has 0 atom stereocenters. The zero-order valence-electron chi connectivity index (χ0n) is 11.1. The molecule has 0 unspecified atom stereocenters. The molecule has 0 aromatic rings. The Morgan fingerprint density at radius 2 is 1.24 bits per heavy atom. The third kappa shape index (κ3) is 1.95. The predicted octanol–water partition coefficient (Wildman–Crippen LogP) is 3.88. The van der Waals surface area contributed by atoms with Crippen LogP contribution in [0, 0.1) is 17.8 Å². The van der Waals surface area contributed by atoms with Gasteiger partial charge in [0, 0.05) is 11.6 Å². The average molecular weight is 233 g/mol. The monoisotopic (exact) mass is 233 g/mol. The van der Waals surface area contributed by atoms with Gasteiger partial charge in [-0.1, -0.05) is 19.3 Å². The van der Waals surface area contributed by atoms with Crippen LogP contribution < -0.4 is 5.32 Å². The number of hydrogen-bond acceptors (Lipinski definition) is 1. The highest BCUT2D eigenvalue weighted by molar-refractivity contribution is 5.07. The second kappa shape index (κ2) is 3.98. The highest BCUT2D eigenvalue weighted by Gasteiger charge is 2.51. The van der Waals surface area contributed by atoms with E-state index in [0.717, 1.165) is 23.8 Å². The summed E-state index contributed by atoms with van der Waals surface area (Å²) in [5.41, 5.74) is 0.608. The lowest BCUT2D eigenvalue weighted by Crippen LogP contribution is -2.60. The van der Waals surface area contributed by atoms with Crippen molar-refractivity contribution in [2.75, 3.05) is 0 Å². The van der Waals surface area contributed by atoms with Crippen molar-refractivity contribution >= 4 is 0 Å². The van der Waals surface area contributed by atoms with Crippen molar-refractivity contribution in [2.45, 2.75) is 82.2 Å². The molecular weight excluding hydrogens is 206 g/mol. The maximum atomic E-state index is 4.16. The van der Waals surface area contributed by atoms with Crippen LogP contribution in [0.3, 0.4) is 0 Å². The van der Waals surface area contributed by atoms with Crippen LogP contribution in [0.2, 0.25) is 0 Å². The zero-order valence-corrected chi connectivity index (χ0v) is 11.1. The van der Waals surface area contributed by atoms with Gasteiger partial charge in [0.05, 0.1) is 0 Å². The number of nitrogens with one attached hydrogen (secondary N) is 1. The Morgan fingerprint density at radius 1 is 0.706 bits per heavy atom. The lowest BCUT2D eigenvalue weighted by atomic mass is 9.53. The van der Waals surface area contributed by atoms with Gasteiger partial charge in [-0.05, 0) is 69.1 Å². The highest BCUT2D eigenvalue weighted by Crippen LogP contribution is 2.55. The summed E-state index contributed by atoms with van der Waals surface area (Å²) in [7, 11) is 0. The van der Waals surface area contributed by atoms with Gasteiger partial charge in [0.25, 0.3) is 0 Å². The molecule has 0 heterocycles. The fraction of sp³-hybridized carbons (Fsp3) is 1.00. The second-order valence-electron chi connectivity index (χ2n) is 7.68. The zero-order chi connectivity index (χ0) is 11.3. The number of rotatable bonds is 2. The first-order valence-corrected chi connectivity index (χ1v) is 8.09. The molecule has 1 heteroatoms. The molecule has 0 radical (unpaired) electrons. The van der Waals surface area contributed by atoms with E-state index in [1.54, 1.807) is 19.3 Å². The van der Waals surface area contributed by atoms with E-state index in [2.05, 4.69) is 5.32 Å². The second-order valence-corrected chi connectivity index (χ2v) is 7.68. The molecule has 0 aromatic carbocycles. The Kier molecular flexibility index (Phi) is 2.54. The van der Waals surface area contributed by atoms with Crippen LogP contribution in [0.1, 0.15) is 70.6 Å². The predicted molar refractivity (Wildman–Crippen MR) is 70.9 cm³/mol. The van der Waals surface area contributed by atoms with E-state index in [1.807, 2.05) is 0 Å². The molecule has 96 valence electrons. The molecule has 4 bridgehead atoms. The average Bonchev–Trinajstić information content (AvgIpc) is 2.27. The van der Waals surface area contributed by atoms with Crippen molar-refractivity contribution in [1.82, 2.24) is 5.32 Å². The van der Waals surface area contributed by atoms with Gasteiger partial charge in [0.1, 0.15) is 0 Å². The van der Waals surface area contributed by atoms with Gasteiger partial charge in [0.15, 0.2) is 0 Å². The summed E-state index contributed by atoms with van der Waals surface area (Å²) in [6.07, 6.45) is 16.7. The molecule has 0 spiro atoms. The lowest BCUT2D eigenvalue weighted by Gasteiger charge is -2.58. The van der Waals surface area contributed by atoms with Crippen molar-refractivity contribution in [3.8, 4) is 0 Å². The molecule has 17 heavy (non-hydrogen) atoms. The summed E-state index contributed by atoms with van der Waals surface area (Å²) in [6, 6.07) is 0.875. The Hall–Kier alpha value is -0.0400. The molecule has 0 amide bonds. The summed E-state index contributed by atoms with van der Waals surface area (Å²) in [4.78, 5) is 0. The maximum absolute atomic E-state index is 4.16. The van der Waals surface area contributed by atoms with Crippen LogP contribution in [0.25, 0.3) is 0 Å². The Balaban J connectivity index is 1.48. The highest BCUT2D eigenvalue weighted by atomic mass is 15.0. The van der Waals surface area contributed by atoms with Crippen molar-refractivity contribution < 1.29 is 0 Å². The Bertz CT molecular complexity index is 255. The van der Waals surface area contributed by atoms with E-state index in [1.165, 1.54) is 51.4 Å². The molecule has 1 N–H and O–H groups in total. The van der Waals surface area contributed by atoms with Crippen LogP contribution in [-0.2, 0) is 0 Å².